The van der Waals surface area contributed by atoms with Crippen LogP contribution in [0.25, 0.3) is 0 Å². The highest BCUT2D eigenvalue weighted by Crippen LogP contribution is 2.12. The number of carbonyl (C=O) groups is 1. The van der Waals surface area contributed by atoms with Crippen LogP contribution in [0, 0.1) is 6.92 Å². The van der Waals surface area contributed by atoms with Crippen LogP contribution in [0.2, 0.25) is 0 Å². The fourth-order valence-electron chi connectivity index (χ4n) is 2.29. The van der Waals surface area contributed by atoms with Crippen molar-refractivity contribution in [1.29, 1.82) is 0 Å². The number of hydrogen-bond acceptors (Lipinski definition) is 4. The molecule has 0 saturated carbocycles. The topological polar surface area (TPSA) is 58.1 Å². The monoisotopic (exact) mass is 312 g/mol. The second kappa shape index (κ2) is 8.27. The van der Waals surface area contributed by atoms with Gasteiger partial charge in [-0.15, -0.1) is 0 Å². The van der Waals surface area contributed by atoms with Crippen molar-refractivity contribution in [2.24, 2.45) is 0 Å². The molecular formula is C18H24N4O. The lowest BCUT2D eigenvalue weighted by Crippen LogP contribution is -2.27. The molecule has 0 aliphatic carbocycles. The molecular weight excluding hydrogens is 288 g/mol. The van der Waals surface area contributed by atoms with Gasteiger partial charge in [0.25, 0.3) is 5.91 Å². The quantitative estimate of drug-likeness (QED) is 0.847. The van der Waals surface area contributed by atoms with Crippen molar-refractivity contribution >= 4 is 17.5 Å². The Morgan fingerprint density at radius 3 is 2.13 bits per heavy atom. The Labute approximate surface area is 137 Å². The first-order valence-corrected chi connectivity index (χ1v) is 8.09. The maximum absolute atomic E-state index is 12.2. The first kappa shape index (κ1) is 16.9. The van der Waals surface area contributed by atoms with Crippen LogP contribution in [0.4, 0.5) is 11.6 Å². The van der Waals surface area contributed by atoms with Crippen molar-refractivity contribution in [3.8, 4) is 0 Å². The summed E-state index contributed by atoms with van der Waals surface area (Å²) in [7, 11) is 0. The van der Waals surface area contributed by atoms with Gasteiger partial charge in [-0.05, 0) is 31.9 Å². The van der Waals surface area contributed by atoms with Crippen LogP contribution in [-0.2, 0) is 0 Å². The molecule has 0 bridgehead atoms. The number of hydrogen-bond donors (Lipinski definition) is 1. The number of carbonyl (C=O) groups excluding carboxylic acids is 1. The van der Waals surface area contributed by atoms with Crippen molar-refractivity contribution in [3.05, 3.63) is 47.8 Å². The molecule has 0 atom stereocenters. The Hall–Kier alpha value is -2.43. The van der Waals surface area contributed by atoms with Crippen LogP contribution < -0.4 is 10.2 Å². The van der Waals surface area contributed by atoms with Gasteiger partial charge in [-0.1, -0.05) is 31.5 Å². The van der Waals surface area contributed by atoms with Gasteiger partial charge in [0.2, 0.25) is 5.95 Å². The minimum absolute atomic E-state index is 0.196. The van der Waals surface area contributed by atoms with E-state index < -0.39 is 0 Å². The van der Waals surface area contributed by atoms with E-state index in [4.69, 9.17) is 0 Å². The van der Waals surface area contributed by atoms with Gasteiger partial charge in [0.1, 0.15) is 0 Å². The molecule has 122 valence electrons. The smallest absolute Gasteiger partial charge is 0.258 e. The molecule has 2 aromatic rings. The molecule has 0 fully saturated rings. The molecule has 0 saturated heterocycles. The lowest BCUT2D eigenvalue weighted by molar-refractivity contribution is 0.102. The van der Waals surface area contributed by atoms with Crippen LogP contribution >= 0.6 is 0 Å². The van der Waals surface area contributed by atoms with Gasteiger partial charge >= 0.3 is 0 Å². The number of anilines is 2. The lowest BCUT2D eigenvalue weighted by atomic mass is 10.2. The van der Waals surface area contributed by atoms with Crippen molar-refractivity contribution in [2.45, 2.75) is 33.6 Å². The molecule has 5 heteroatoms. The van der Waals surface area contributed by atoms with E-state index in [9.17, 15) is 4.79 Å². The summed E-state index contributed by atoms with van der Waals surface area (Å²) in [6, 6.07) is 7.69. The Kier molecular flexibility index (Phi) is 6.09. The standard InChI is InChI=1S/C18H24N4O/c1-4-10-22(11-5-2)18-19-12-15(13-20-18)17(23)21-16-8-6-14(3)7-9-16/h6-9,12-13H,4-5,10-11H2,1-3H3,(H,21,23). The van der Waals surface area contributed by atoms with Gasteiger partial charge < -0.3 is 10.2 Å². The molecule has 1 aromatic heterocycles. The molecule has 1 amide bonds. The van der Waals surface area contributed by atoms with Crippen LogP contribution in [0.15, 0.2) is 36.7 Å². The first-order valence-electron chi connectivity index (χ1n) is 8.09. The number of rotatable bonds is 7. The predicted octanol–water partition coefficient (Wildman–Crippen LogP) is 3.66. The largest absolute Gasteiger partial charge is 0.341 e. The van der Waals surface area contributed by atoms with E-state index in [1.807, 2.05) is 31.2 Å². The Balaban J connectivity index is 2.05. The SMILES string of the molecule is CCCN(CCC)c1ncc(C(=O)Nc2ccc(C)cc2)cn1. The number of aromatic nitrogens is 2. The third-order valence-electron chi connectivity index (χ3n) is 3.48. The van der Waals surface area contributed by atoms with Gasteiger partial charge in [0.05, 0.1) is 5.56 Å². The van der Waals surface area contributed by atoms with E-state index in [1.54, 1.807) is 12.4 Å². The van der Waals surface area contributed by atoms with E-state index in [0.717, 1.165) is 37.2 Å². The van der Waals surface area contributed by atoms with E-state index in [1.165, 1.54) is 0 Å². The zero-order valence-electron chi connectivity index (χ0n) is 14.0. The summed E-state index contributed by atoms with van der Waals surface area (Å²) in [4.78, 5) is 23.1. The second-order valence-electron chi connectivity index (χ2n) is 5.58. The zero-order chi connectivity index (χ0) is 16.7. The maximum Gasteiger partial charge on any atom is 0.258 e. The van der Waals surface area contributed by atoms with Gasteiger partial charge in [-0.2, -0.15) is 0 Å². The Morgan fingerprint density at radius 2 is 1.61 bits per heavy atom. The van der Waals surface area contributed by atoms with Crippen molar-refractivity contribution in [3.63, 3.8) is 0 Å². The summed E-state index contributed by atoms with van der Waals surface area (Å²) in [6.07, 6.45) is 5.26. The third-order valence-corrected chi connectivity index (χ3v) is 3.48. The number of amides is 1. The Bertz CT molecular complexity index is 616. The molecule has 2 rings (SSSR count). The van der Waals surface area contributed by atoms with Crippen LogP contribution in [0.3, 0.4) is 0 Å². The summed E-state index contributed by atoms with van der Waals surface area (Å²) in [5.41, 5.74) is 2.38. The average Bonchev–Trinajstić information content (AvgIpc) is 2.57. The van der Waals surface area contributed by atoms with E-state index in [-0.39, 0.29) is 5.91 Å². The van der Waals surface area contributed by atoms with Crippen LogP contribution in [0.5, 0.6) is 0 Å². The minimum atomic E-state index is -0.196. The van der Waals surface area contributed by atoms with Gasteiger partial charge in [-0.25, -0.2) is 9.97 Å². The van der Waals surface area contributed by atoms with E-state index >= 15 is 0 Å². The molecule has 0 spiro atoms. The highest BCUT2D eigenvalue weighted by atomic mass is 16.1. The minimum Gasteiger partial charge on any atom is -0.341 e. The van der Waals surface area contributed by atoms with Gasteiger partial charge in [0.15, 0.2) is 0 Å². The summed E-state index contributed by atoms with van der Waals surface area (Å²) in [6.45, 7) is 8.11. The predicted molar refractivity (Wildman–Crippen MR) is 94.0 cm³/mol. The normalized spacial score (nSPS) is 10.4. The molecule has 23 heavy (non-hydrogen) atoms. The van der Waals surface area contributed by atoms with Gasteiger partial charge in [0, 0.05) is 31.2 Å². The highest BCUT2D eigenvalue weighted by Gasteiger charge is 2.11. The first-order chi connectivity index (χ1) is 11.1. The molecule has 0 radical (unpaired) electrons. The molecule has 1 heterocycles. The fourth-order valence-corrected chi connectivity index (χ4v) is 2.29. The fraction of sp³-hybridized carbons (Fsp3) is 0.389. The lowest BCUT2D eigenvalue weighted by Gasteiger charge is -2.21. The molecule has 1 N–H and O–H groups in total. The summed E-state index contributed by atoms with van der Waals surface area (Å²) in [5.74, 6) is 0.485. The van der Waals surface area contributed by atoms with Crippen molar-refractivity contribution < 1.29 is 4.79 Å². The number of nitrogens with zero attached hydrogens (tertiary/aromatic N) is 3. The summed E-state index contributed by atoms with van der Waals surface area (Å²) < 4.78 is 0. The van der Waals surface area contributed by atoms with Crippen molar-refractivity contribution in [2.75, 3.05) is 23.3 Å². The summed E-state index contributed by atoms with van der Waals surface area (Å²) >= 11 is 0. The molecule has 1 aromatic carbocycles. The van der Waals surface area contributed by atoms with Crippen molar-refractivity contribution in [1.82, 2.24) is 9.97 Å². The molecule has 0 aliphatic rings. The summed E-state index contributed by atoms with van der Waals surface area (Å²) in [5, 5.41) is 2.85. The molecule has 5 nitrogen and oxygen atoms in total. The molecule has 0 unspecified atom stereocenters. The third kappa shape index (κ3) is 4.77. The zero-order valence-corrected chi connectivity index (χ0v) is 14.0. The number of benzene rings is 1. The van der Waals surface area contributed by atoms with E-state index in [0.29, 0.717) is 11.5 Å². The number of nitrogens with one attached hydrogen (secondary N) is 1. The highest BCUT2D eigenvalue weighted by molar-refractivity contribution is 6.03. The van der Waals surface area contributed by atoms with E-state index in [2.05, 4.69) is 34.0 Å². The van der Waals surface area contributed by atoms with Crippen LogP contribution in [0.1, 0.15) is 42.6 Å². The average molecular weight is 312 g/mol. The second-order valence-corrected chi connectivity index (χ2v) is 5.58. The number of aryl methyl sites for hydroxylation is 1. The maximum atomic E-state index is 12.2. The molecule has 0 aliphatic heterocycles. The Morgan fingerprint density at radius 1 is 1.04 bits per heavy atom. The van der Waals surface area contributed by atoms with Gasteiger partial charge in [-0.3, -0.25) is 4.79 Å². The van der Waals surface area contributed by atoms with Crippen LogP contribution in [-0.4, -0.2) is 29.0 Å².